The molecular weight excluding hydrogens is 379 g/mol. The average Bonchev–Trinajstić information content (AvgIpc) is 2.91. The number of fused-ring (bicyclic) bond motifs is 5. The summed E-state index contributed by atoms with van der Waals surface area (Å²) in [7, 11) is 1.39. The Balaban J connectivity index is 1.84. The second kappa shape index (κ2) is 6.30. The minimum Gasteiger partial charge on any atom is -0.390 e. The van der Waals surface area contributed by atoms with Crippen LogP contribution >= 0.6 is 0 Å². The highest BCUT2D eigenvalue weighted by Crippen LogP contribution is 2.69. The van der Waals surface area contributed by atoms with Gasteiger partial charge in [-0.1, -0.05) is 18.6 Å². The van der Waals surface area contributed by atoms with Gasteiger partial charge < -0.3 is 20.1 Å². The van der Waals surface area contributed by atoms with E-state index in [9.17, 15) is 24.9 Å². The Morgan fingerprint density at radius 1 is 1.34 bits per heavy atom. The van der Waals surface area contributed by atoms with Crippen LogP contribution in [0.15, 0.2) is 23.8 Å². The summed E-state index contributed by atoms with van der Waals surface area (Å²) < 4.78 is 22.4. The molecule has 4 aliphatic carbocycles. The van der Waals surface area contributed by atoms with Crippen molar-refractivity contribution < 1.29 is 34.0 Å². The maximum Gasteiger partial charge on any atom is 0.192 e. The van der Waals surface area contributed by atoms with Crippen LogP contribution in [-0.4, -0.2) is 64.1 Å². The van der Waals surface area contributed by atoms with E-state index in [4.69, 9.17) is 4.74 Å². The van der Waals surface area contributed by atoms with Crippen molar-refractivity contribution in [2.24, 2.45) is 22.7 Å². The number of ether oxygens (including phenoxy) is 1. The molecule has 0 aromatic rings. The number of hydrogen-bond acceptors (Lipinski definition) is 6. The maximum atomic E-state index is 16.9. The van der Waals surface area contributed by atoms with Crippen LogP contribution in [0, 0.1) is 22.7 Å². The predicted molar refractivity (Wildman–Crippen MR) is 102 cm³/mol. The minimum absolute atomic E-state index is 0.141. The molecule has 0 radical (unpaired) electrons. The summed E-state index contributed by atoms with van der Waals surface area (Å²) >= 11 is 0. The van der Waals surface area contributed by atoms with Gasteiger partial charge in [-0.15, -0.1) is 0 Å². The zero-order valence-corrected chi connectivity index (χ0v) is 17.0. The molecule has 3 saturated carbocycles. The molecule has 1 unspecified atom stereocenters. The second-order valence-corrected chi connectivity index (χ2v) is 9.57. The highest BCUT2D eigenvalue weighted by Gasteiger charge is 2.76. The number of allylic oxidation sites excluding steroid dienone is 4. The van der Waals surface area contributed by atoms with Crippen LogP contribution in [0.1, 0.15) is 39.5 Å². The van der Waals surface area contributed by atoms with Gasteiger partial charge in [-0.05, 0) is 50.7 Å². The lowest BCUT2D eigenvalue weighted by Crippen LogP contribution is -2.69. The highest BCUT2D eigenvalue weighted by molar-refractivity contribution is 6.01. The fourth-order valence-corrected chi connectivity index (χ4v) is 7.09. The fraction of sp³-hybridized carbons (Fsp3) is 0.727. The number of ketones is 2. The van der Waals surface area contributed by atoms with Crippen molar-refractivity contribution in [1.29, 1.82) is 0 Å². The Morgan fingerprint density at radius 2 is 2.03 bits per heavy atom. The van der Waals surface area contributed by atoms with Gasteiger partial charge in [0.15, 0.2) is 22.8 Å². The molecule has 160 valence electrons. The standard InChI is InChI=1S/C22H29FO6/c1-19-7-6-13(25)8-12(19)4-5-14-15-9-18(29-3)22(28,17(27)11-24)20(15,2)10-16(26)21(14,19)23/h6-8,14-16,18,24,26,28H,4-5,9-11H2,1-3H3/t14-,15-,16+,18+,19-,20-,21?,22+/m0/s1. The maximum absolute atomic E-state index is 16.9. The zero-order valence-electron chi connectivity index (χ0n) is 17.0. The summed E-state index contributed by atoms with van der Waals surface area (Å²) in [5.41, 5.74) is -5.63. The lowest BCUT2D eigenvalue weighted by Gasteiger charge is -2.62. The molecule has 0 spiro atoms. The molecule has 0 saturated heterocycles. The van der Waals surface area contributed by atoms with Crippen molar-refractivity contribution in [2.75, 3.05) is 13.7 Å². The molecule has 3 N–H and O–H groups in total. The van der Waals surface area contributed by atoms with E-state index in [1.807, 2.05) is 0 Å². The minimum atomic E-state index is -2.04. The molecule has 6 nitrogen and oxygen atoms in total. The number of carbonyl (C=O) groups excluding carboxylic acids is 2. The Morgan fingerprint density at radius 3 is 2.66 bits per heavy atom. The number of Topliss-reactive ketones (excluding diaryl/α,β-unsaturated/α-hetero) is 1. The van der Waals surface area contributed by atoms with Gasteiger partial charge in [0.2, 0.25) is 0 Å². The monoisotopic (exact) mass is 408 g/mol. The quantitative estimate of drug-likeness (QED) is 0.650. The molecule has 7 heteroatoms. The molecule has 0 aromatic carbocycles. The van der Waals surface area contributed by atoms with Crippen LogP contribution in [0.25, 0.3) is 0 Å². The Bertz CT molecular complexity index is 822. The third-order valence-corrected chi connectivity index (χ3v) is 8.69. The van der Waals surface area contributed by atoms with Crippen molar-refractivity contribution in [1.82, 2.24) is 0 Å². The van der Waals surface area contributed by atoms with Crippen molar-refractivity contribution in [2.45, 2.75) is 63.0 Å². The summed E-state index contributed by atoms with van der Waals surface area (Å²) in [6.07, 6.45) is 3.07. The first-order valence-corrected chi connectivity index (χ1v) is 10.2. The summed E-state index contributed by atoms with van der Waals surface area (Å²) in [6.45, 7) is 2.56. The summed E-state index contributed by atoms with van der Waals surface area (Å²) in [5.74, 6) is -2.00. The van der Waals surface area contributed by atoms with E-state index < -0.39 is 58.5 Å². The van der Waals surface area contributed by atoms with Gasteiger partial charge in [-0.25, -0.2) is 4.39 Å². The predicted octanol–water partition coefficient (Wildman–Crippen LogP) is 1.27. The van der Waals surface area contributed by atoms with Gasteiger partial charge in [-0.3, -0.25) is 9.59 Å². The number of hydrogen-bond donors (Lipinski definition) is 3. The first-order chi connectivity index (χ1) is 13.5. The van der Waals surface area contributed by atoms with Crippen LogP contribution in [0.3, 0.4) is 0 Å². The second-order valence-electron chi connectivity index (χ2n) is 9.57. The number of alkyl halides is 1. The lowest BCUT2D eigenvalue weighted by atomic mass is 9.44. The molecule has 4 rings (SSSR count). The molecule has 4 aliphatic rings. The van der Waals surface area contributed by atoms with Gasteiger partial charge in [0.1, 0.15) is 6.61 Å². The van der Waals surface area contributed by atoms with Crippen LogP contribution < -0.4 is 0 Å². The summed E-state index contributed by atoms with van der Waals surface area (Å²) in [4.78, 5) is 24.5. The Hall–Kier alpha value is -1.41. The molecule has 0 aromatic heterocycles. The summed E-state index contributed by atoms with van der Waals surface area (Å²) in [6, 6.07) is 0. The van der Waals surface area contributed by atoms with E-state index in [2.05, 4.69) is 0 Å². The molecule has 3 fully saturated rings. The van der Waals surface area contributed by atoms with Crippen molar-refractivity contribution in [3.05, 3.63) is 23.8 Å². The van der Waals surface area contributed by atoms with Gasteiger partial charge in [0, 0.05) is 23.9 Å². The molecule has 8 atom stereocenters. The smallest absolute Gasteiger partial charge is 0.192 e. The van der Waals surface area contributed by atoms with E-state index in [1.54, 1.807) is 19.9 Å². The molecular formula is C22H29FO6. The fourth-order valence-electron chi connectivity index (χ4n) is 7.09. The van der Waals surface area contributed by atoms with E-state index in [0.29, 0.717) is 18.4 Å². The average molecular weight is 408 g/mol. The normalized spacial score (nSPS) is 51.1. The van der Waals surface area contributed by atoms with Gasteiger partial charge in [0.25, 0.3) is 0 Å². The molecule has 29 heavy (non-hydrogen) atoms. The number of rotatable bonds is 3. The largest absolute Gasteiger partial charge is 0.390 e. The van der Waals surface area contributed by atoms with E-state index in [-0.39, 0.29) is 18.6 Å². The number of halogens is 1. The van der Waals surface area contributed by atoms with Gasteiger partial charge in [0.05, 0.1) is 12.2 Å². The third kappa shape index (κ3) is 2.25. The number of methoxy groups -OCH3 is 1. The Kier molecular flexibility index (Phi) is 4.53. The third-order valence-electron chi connectivity index (χ3n) is 8.69. The van der Waals surface area contributed by atoms with Crippen LogP contribution in [0.4, 0.5) is 4.39 Å². The van der Waals surface area contributed by atoms with E-state index in [0.717, 1.165) is 0 Å². The van der Waals surface area contributed by atoms with Gasteiger partial charge >= 0.3 is 0 Å². The topological polar surface area (TPSA) is 104 Å². The van der Waals surface area contributed by atoms with Crippen LogP contribution in [0.2, 0.25) is 0 Å². The first-order valence-electron chi connectivity index (χ1n) is 10.2. The Labute approximate surface area is 169 Å². The van der Waals surface area contributed by atoms with Crippen molar-refractivity contribution >= 4 is 11.6 Å². The van der Waals surface area contributed by atoms with Crippen LogP contribution in [0.5, 0.6) is 0 Å². The van der Waals surface area contributed by atoms with Crippen LogP contribution in [-0.2, 0) is 14.3 Å². The molecule has 0 aliphatic heterocycles. The summed E-state index contributed by atoms with van der Waals surface area (Å²) in [5, 5.41) is 32.1. The van der Waals surface area contributed by atoms with Crippen molar-refractivity contribution in [3.63, 3.8) is 0 Å². The molecule has 0 bridgehead atoms. The number of aliphatic hydroxyl groups excluding tert-OH is 2. The SMILES string of the molecule is CO[C@@H]1C[C@H]2[C@@H]3CCC4=CC(=O)C=C[C@]4(C)C3(F)[C@H](O)C[C@]2(C)[C@@]1(O)C(=O)CO. The van der Waals surface area contributed by atoms with E-state index in [1.165, 1.54) is 19.3 Å². The van der Waals surface area contributed by atoms with Crippen molar-refractivity contribution in [3.8, 4) is 0 Å². The molecule has 0 heterocycles. The number of carbonyl (C=O) groups is 2. The zero-order chi connectivity index (χ0) is 21.4. The highest BCUT2D eigenvalue weighted by atomic mass is 19.1. The lowest BCUT2D eigenvalue weighted by molar-refractivity contribution is -0.223. The van der Waals surface area contributed by atoms with E-state index >= 15 is 4.39 Å². The first kappa shape index (κ1) is 20.8. The molecule has 0 amide bonds. The number of aliphatic hydroxyl groups is 3. The van der Waals surface area contributed by atoms with Gasteiger partial charge in [-0.2, -0.15) is 0 Å².